The molecule has 0 saturated carbocycles. The summed E-state index contributed by atoms with van der Waals surface area (Å²) < 4.78 is 10.8. The molecule has 1 aliphatic rings. The highest BCUT2D eigenvalue weighted by Crippen LogP contribution is 2.42. The van der Waals surface area contributed by atoms with E-state index in [4.69, 9.17) is 9.47 Å². The fraction of sp³-hybridized carbons (Fsp3) is 0.312. The lowest BCUT2D eigenvalue weighted by Gasteiger charge is -2.20. The van der Waals surface area contributed by atoms with E-state index in [0.29, 0.717) is 11.4 Å². The number of hydrogen-bond donors (Lipinski definition) is 1. The molecule has 1 N–H and O–H groups in total. The first-order valence-electron chi connectivity index (χ1n) is 7.41. The minimum atomic E-state index is 0.682. The molecular formula is C16H17N5O2. The number of benzene rings is 1. The molecule has 0 aliphatic carbocycles. The molecule has 0 radical (unpaired) electrons. The Hall–Kier alpha value is -2.83. The Labute approximate surface area is 133 Å². The van der Waals surface area contributed by atoms with E-state index in [9.17, 15) is 0 Å². The maximum absolute atomic E-state index is 5.44. The first-order valence-corrected chi connectivity index (χ1v) is 7.41. The van der Waals surface area contributed by atoms with Gasteiger partial charge in [0.25, 0.3) is 0 Å². The van der Waals surface area contributed by atoms with Crippen molar-refractivity contribution < 1.29 is 9.47 Å². The normalized spacial score (nSPS) is 13.4. The van der Waals surface area contributed by atoms with Gasteiger partial charge < -0.3 is 14.4 Å². The van der Waals surface area contributed by atoms with Crippen molar-refractivity contribution >= 4 is 22.5 Å². The van der Waals surface area contributed by atoms with Gasteiger partial charge >= 0.3 is 0 Å². The van der Waals surface area contributed by atoms with Gasteiger partial charge in [0.1, 0.15) is 12.1 Å². The number of ether oxygens (including phenoxy) is 2. The van der Waals surface area contributed by atoms with Crippen LogP contribution in [-0.4, -0.2) is 40.9 Å². The third-order valence-electron chi connectivity index (χ3n) is 4.25. The van der Waals surface area contributed by atoms with Gasteiger partial charge in [0.15, 0.2) is 17.1 Å². The van der Waals surface area contributed by atoms with Crippen molar-refractivity contribution in [3.8, 4) is 11.5 Å². The van der Waals surface area contributed by atoms with E-state index in [2.05, 4.69) is 25.1 Å². The number of rotatable bonds is 3. The van der Waals surface area contributed by atoms with Gasteiger partial charge in [0.05, 0.1) is 19.6 Å². The van der Waals surface area contributed by atoms with Crippen LogP contribution >= 0.6 is 0 Å². The number of aromatic amines is 1. The summed E-state index contributed by atoms with van der Waals surface area (Å²) in [7, 11) is 3.30. The lowest BCUT2D eigenvalue weighted by molar-refractivity contribution is 0.355. The van der Waals surface area contributed by atoms with Gasteiger partial charge in [-0.25, -0.2) is 9.97 Å². The van der Waals surface area contributed by atoms with Crippen molar-refractivity contribution in [2.45, 2.75) is 13.3 Å². The van der Waals surface area contributed by atoms with E-state index in [1.165, 1.54) is 5.56 Å². The Balaban J connectivity index is 1.89. The molecule has 4 rings (SSSR count). The standard InChI is InChI=1S/C16H17N5O2/c1-9-14-15(20-19-9)17-8-18-16(14)21-5-4-10-6-12(22-2)13(23-3)7-11(10)21/h6-8H,4-5H2,1-3H3,(H,17,18,19,20). The quantitative estimate of drug-likeness (QED) is 0.800. The molecule has 7 nitrogen and oxygen atoms in total. The molecule has 23 heavy (non-hydrogen) atoms. The minimum Gasteiger partial charge on any atom is -0.493 e. The Bertz CT molecular complexity index is 890. The molecule has 0 spiro atoms. The highest BCUT2D eigenvalue weighted by molar-refractivity contribution is 5.92. The van der Waals surface area contributed by atoms with Crippen molar-refractivity contribution in [1.29, 1.82) is 0 Å². The molecular weight excluding hydrogens is 294 g/mol. The van der Waals surface area contributed by atoms with Crippen molar-refractivity contribution in [3.63, 3.8) is 0 Å². The summed E-state index contributed by atoms with van der Waals surface area (Å²) in [6.07, 6.45) is 2.48. The lowest BCUT2D eigenvalue weighted by atomic mass is 10.1. The first kappa shape index (κ1) is 13.8. The Kier molecular flexibility index (Phi) is 3.07. The summed E-state index contributed by atoms with van der Waals surface area (Å²) in [5.41, 5.74) is 3.95. The second kappa shape index (κ2) is 5.12. The van der Waals surface area contributed by atoms with E-state index < -0.39 is 0 Å². The topological polar surface area (TPSA) is 76.2 Å². The van der Waals surface area contributed by atoms with Crippen LogP contribution in [0.1, 0.15) is 11.3 Å². The van der Waals surface area contributed by atoms with E-state index in [1.807, 2.05) is 19.1 Å². The second-order valence-corrected chi connectivity index (χ2v) is 5.48. The number of methoxy groups -OCH3 is 2. The smallest absolute Gasteiger partial charge is 0.186 e. The highest BCUT2D eigenvalue weighted by atomic mass is 16.5. The maximum Gasteiger partial charge on any atom is 0.186 e. The fourth-order valence-electron chi connectivity index (χ4n) is 3.12. The molecule has 7 heteroatoms. The third-order valence-corrected chi connectivity index (χ3v) is 4.25. The summed E-state index contributed by atoms with van der Waals surface area (Å²) in [6.45, 7) is 2.83. The zero-order chi connectivity index (χ0) is 16.0. The summed E-state index contributed by atoms with van der Waals surface area (Å²) in [5.74, 6) is 2.33. The van der Waals surface area contributed by atoms with Gasteiger partial charge in [-0.15, -0.1) is 0 Å². The predicted octanol–water partition coefficient (Wildman–Crippen LogP) is 2.37. The van der Waals surface area contributed by atoms with Crippen LogP contribution < -0.4 is 14.4 Å². The van der Waals surface area contributed by atoms with Gasteiger partial charge in [-0.05, 0) is 25.0 Å². The number of nitrogens with zero attached hydrogens (tertiary/aromatic N) is 4. The van der Waals surface area contributed by atoms with E-state index >= 15 is 0 Å². The molecule has 118 valence electrons. The molecule has 1 aliphatic heterocycles. The van der Waals surface area contributed by atoms with Gasteiger partial charge in [-0.2, -0.15) is 5.10 Å². The van der Waals surface area contributed by atoms with Crippen LogP contribution in [0.3, 0.4) is 0 Å². The Morgan fingerprint density at radius 1 is 1.13 bits per heavy atom. The molecule has 0 fully saturated rings. The first-order chi connectivity index (χ1) is 11.2. The summed E-state index contributed by atoms with van der Waals surface area (Å²) in [4.78, 5) is 10.9. The van der Waals surface area contributed by atoms with Crippen LogP contribution in [0.2, 0.25) is 0 Å². The van der Waals surface area contributed by atoms with Crippen LogP contribution in [-0.2, 0) is 6.42 Å². The minimum absolute atomic E-state index is 0.682. The maximum atomic E-state index is 5.44. The van der Waals surface area contributed by atoms with Crippen LogP contribution in [0, 0.1) is 6.92 Å². The predicted molar refractivity (Wildman–Crippen MR) is 86.7 cm³/mol. The number of nitrogens with one attached hydrogen (secondary N) is 1. The van der Waals surface area contributed by atoms with Crippen molar-refractivity contribution in [3.05, 3.63) is 29.7 Å². The number of anilines is 2. The van der Waals surface area contributed by atoms with E-state index in [-0.39, 0.29) is 0 Å². The molecule has 0 atom stereocenters. The third kappa shape index (κ3) is 2.00. The van der Waals surface area contributed by atoms with Crippen LogP contribution in [0.4, 0.5) is 11.5 Å². The lowest BCUT2D eigenvalue weighted by Crippen LogP contribution is -2.15. The Morgan fingerprint density at radius 2 is 1.91 bits per heavy atom. The molecule has 0 saturated heterocycles. The SMILES string of the molecule is COc1cc2c(cc1OC)N(c1ncnc3n[nH]c(C)c13)CC2. The average molecular weight is 311 g/mol. The van der Waals surface area contributed by atoms with E-state index in [0.717, 1.165) is 41.3 Å². The molecule has 3 heterocycles. The zero-order valence-corrected chi connectivity index (χ0v) is 13.3. The van der Waals surface area contributed by atoms with Gasteiger partial charge in [0.2, 0.25) is 0 Å². The Morgan fingerprint density at radius 3 is 2.70 bits per heavy atom. The van der Waals surface area contributed by atoms with Crippen molar-refractivity contribution in [2.24, 2.45) is 0 Å². The zero-order valence-electron chi connectivity index (χ0n) is 13.3. The average Bonchev–Trinajstić information content (AvgIpc) is 3.17. The monoisotopic (exact) mass is 311 g/mol. The molecule has 0 bridgehead atoms. The van der Waals surface area contributed by atoms with Crippen molar-refractivity contribution in [1.82, 2.24) is 20.2 Å². The van der Waals surface area contributed by atoms with Crippen LogP contribution in [0.5, 0.6) is 11.5 Å². The molecule has 0 unspecified atom stereocenters. The highest BCUT2D eigenvalue weighted by Gasteiger charge is 2.26. The van der Waals surface area contributed by atoms with Crippen LogP contribution in [0.25, 0.3) is 11.0 Å². The molecule has 2 aromatic heterocycles. The van der Waals surface area contributed by atoms with E-state index in [1.54, 1.807) is 20.5 Å². The number of fused-ring (bicyclic) bond motifs is 2. The summed E-state index contributed by atoms with van der Waals surface area (Å²) >= 11 is 0. The molecule has 1 aromatic carbocycles. The number of hydrogen-bond acceptors (Lipinski definition) is 6. The fourth-order valence-corrected chi connectivity index (χ4v) is 3.12. The second-order valence-electron chi connectivity index (χ2n) is 5.48. The van der Waals surface area contributed by atoms with Gasteiger partial charge in [0, 0.05) is 24.0 Å². The summed E-state index contributed by atoms with van der Waals surface area (Å²) in [5, 5.41) is 8.16. The number of aryl methyl sites for hydroxylation is 1. The van der Waals surface area contributed by atoms with Gasteiger partial charge in [-0.3, -0.25) is 5.10 Å². The van der Waals surface area contributed by atoms with Gasteiger partial charge in [-0.1, -0.05) is 0 Å². The number of H-pyrrole nitrogens is 1. The van der Waals surface area contributed by atoms with Crippen LogP contribution in [0.15, 0.2) is 18.5 Å². The summed E-state index contributed by atoms with van der Waals surface area (Å²) in [6, 6.07) is 4.04. The molecule has 0 amide bonds. The number of aromatic nitrogens is 4. The van der Waals surface area contributed by atoms with Crippen molar-refractivity contribution in [2.75, 3.05) is 25.7 Å². The molecule has 3 aromatic rings. The largest absolute Gasteiger partial charge is 0.493 e.